The summed E-state index contributed by atoms with van der Waals surface area (Å²) >= 11 is 0. The Kier molecular flexibility index (Phi) is 6.96. The second-order valence-electron chi connectivity index (χ2n) is 8.68. The zero-order chi connectivity index (χ0) is 21.6. The summed E-state index contributed by atoms with van der Waals surface area (Å²) in [5.74, 6) is 0.106. The number of likely N-dealkylation sites (tertiary alicyclic amines) is 2. The summed E-state index contributed by atoms with van der Waals surface area (Å²) in [6, 6.07) is 8.16. The minimum Gasteiger partial charge on any atom is -0.353 e. The number of nitrogens with one attached hydrogen (secondary N) is 1. The fraction of sp³-hybridized carbons (Fsp3) is 0.565. The minimum absolute atomic E-state index is 0.0950. The Morgan fingerprint density at radius 1 is 1.13 bits per heavy atom. The highest BCUT2D eigenvalue weighted by Crippen LogP contribution is 2.19. The molecule has 2 saturated heterocycles. The molecule has 1 unspecified atom stereocenters. The number of aromatic nitrogens is 3. The fourth-order valence-electron chi connectivity index (χ4n) is 4.43. The van der Waals surface area contributed by atoms with E-state index in [1.54, 1.807) is 4.68 Å². The standard InChI is InChI=1S/C23H32N6O2/c1-18-5-14-29(26-18)15-9-22(30)28-13-6-19(16-28)23(31)25-20-7-11-27(12-8-20)17-21-4-2-3-10-24-21/h2-5,10,14,19-20H,6-9,11-13,15-17H2,1H3,(H,25,31). The van der Waals surface area contributed by atoms with Crippen LogP contribution in [-0.4, -0.2) is 68.6 Å². The van der Waals surface area contributed by atoms with E-state index in [9.17, 15) is 9.59 Å². The van der Waals surface area contributed by atoms with Crippen molar-refractivity contribution >= 4 is 11.8 Å². The molecular weight excluding hydrogens is 392 g/mol. The molecule has 4 rings (SSSR count). The van der Waals surface area contributed by atoms with E-state index >= 15 is 0 Å². The van der Waals surface area contributed by atoms with Crippen LogP contribution in [0.3, 0.4) is 0 Å². The zero-order valence-corrected chi connectivity index (χ0v) is 18.2. The molecule has 1 N–H and O–H groups in total. The van der Waals surface area contributed by atoms with Crippen molar-refractivity contribution in [2.45, 2.75) is 51.7 Å². The first-order chi connectivity index (χ1) is 15.1. The van der Waals surface area contributed by atoms with Crippen LogP contribution in [0.1, 0.15) is 37.1 Å². The van der Waals surface area contributed by atoms with Crippen molar-refractivity contribution < 1.29 is 9.59 Å². The molecule has 4 heterocycles. The molecule has 2 fully saturated rings. The fourth-order valence-corrected chi connectivity index (χ4v) is 4.43. The molecule has 31 heavy (non-hydrogen) atoms. The predicted octanol–water partition coefficient (Wildman–Crippen LogP) is 1.61. The number of aryl methyl sites for hydroxylation is 2. The second kappa shape index (κ2) is 10.0. The number of pyridine rings is 1. The van der Waals surface area contributed by atoms with E-state index in [1.807, 2.05) is 42.4 Å². The largest absolute Gasteiger partial charge is 0.353 e. The maximum absolute atomic E-state index is 12.7. The summed E-state index contributed by atoms with van der Waals surface area (Å²) in [6.45, 7) is 6.50. The van der Waals surface area contributed by atoms with Gasteiger partial charge >= 0.3 is 0 Å². The van der Waals surface area contributed by atoms with Gasteiger partial charge in [0.15, 0.2) is 0 Å². The lowest BCUT2D eigenvalue weighted by Gasteiger charge is -2.32. The van der Waals surface area contributed by atoms with Gasteiger partial charge in [0, 0.05) is 64.1 Å². The third-order valence-electron chi connectivity index (χ3n) is 6.29. The van der Waals surface area contributed by atoms with E-state index in [0.29, 0.717) is 26.1 Å². The summed E-state index contributed by atoms with van der Waals surface area (Å²) in [6.07, 6.45) is 6.80. The van der Waals surface area contributed by atoms with Gasteiger partial charge in [0.05, 0.1) is 17.3 Å². The third-order valence-corrected chi connectivity index (χ3v) is 6.29. The maximum atomic E-state index is 12.7. The first kappa shape index (κ1) is 21.5. The third kappa shape index (κ3) is 5.91. The molecule has 0 saturated carbocycles. The van der Waals surface area contributed by atoms with Gasteiger partial charge < -0.3 is 10.2 Å². The van der Waals surface area contributed by atoms with Crippen LogP contribution in [0.2, 0.25) is 0 Å². The number of amides is 2. The molecule has 0 radical (unpaired) electrons. The molecule has 2 aromatic rings. The highest BCUT2D eigenvalue weighted by Gasteiger charge is 2.32. The Hall–Kier alpha value is -2.74. The van der Waals surface area contributed by atoms with Gasteiger partial charge in [-0.15, -0.1) is 0 Å². The number of carbonyl (C=O) groups excluding carboxylic acids is 2. The van der Waals surface area contributed by atoms with E-state index < -0.39 is 0 Å². The molecule has 2 amide bonds. The number of nitrogens with zero attached hydrogens (tertiary/aromatic N) is 5. The van der Waals surface area contributed by atoms with Crippen molar-refractivity contribution in [2.24, 2.45) is 5.92 Å². The molecule has 0 aliphatic carbocycles. The Labute approximate surface area is 183 Å². The Balaban J connectivity index is 1.16. The predicted molar refractivity (Wildman–Crippen MR) is 117 cm³/mol. The van der Waals surface area contributed by atoms with Crippen molar-refractivity contribution in [3.05, 3.63) is 48.0 Å². The van der Waals surface area contributed by atoms with Crippen LogP contribution in [0.4, 0.5) is 0 Å². The monoisotopic (exact) mass is 424 g/mol. The van der Waals surface area contributed by atoms with E-state index in [0.717, 1.165) is 50.3 Å². The van der Waals surface area contributed by atoms with Crippen LogP contribution in [0.5, 0.6) is 0 Å². The van der Waals surface area contributed by atoms with Crippen molar-refractivity contribution in [1.29, 1.82) is 0 Å². The quantitative estimate of drug-likeness (QED) is 0.730. The van der Waals surface area contributed by atoms with Crippen LogP contribution in [-0.2, 0) is 22.7 Å². The Morgan fingerprint density at radius 2 is 1.97 bits per heavy atom. The molecular formula is C23H32N6O2. The summed E-state index contributed by atoms with van der Waals surface area (Å²) in [5.41, 5.74) is 2.04. The Bertz CT molecular complexity index is 875. The molecule has 0 aromatic carbocycles. The number of rotatable bonds is 7. The molecule has 0 bridgehead atoms. The molecule has 166 valence electrons. The Morgan fingerprint density at radius 3 is 2.68 bits per heavy atom. The van der Waals surface area contributed by atoms with Crippen molar-refractivity contribution in [2.75, 3.05) is 26.2 Å². The number of piperidine rings is 1. The average molecular weight is 425 g/mol. The summed E-state index contributed by atoms with van der Waals surface area (Å²) < 4.78 is 1.80. The maximum Gasteiger partial charge on any atom is 0.225 e. The first-order valence-electron chi connectivity index (χ1n) is 11.3. The van der Waals surface area contributed by atoms with Gasteiger partial charge in [-0.3, -0.25) is 24.2 Å². The lowest BCUT2D eigenvalue weighted by atomic mass is 10.0. The van der Waals surface area contributed by atoms with Gasteiger partial charge in [-0.1, -0.05) is 6.07 Å². The number of hydrogen-bond acceptors (Lipinski definition) is 5. The SMILES string of the molecule is Cc1ccn(CCC(=O)N2CCC(C(=O)NC3CCN(Cc4ccccn4)CC3)C2)n1. The minimum atomic E-state index is -0.0950. The molecule has 2 aliphatic rings. The van der Waals surface area contributed by atoms with E-state index in [2.05, 4.69) is 26.4 Å². The van der Waals surface area contributed by atoms with Gasteiger partial charge in [0.25, 0.3) is 0 Å². The molecule has 8 nitrogen and oxygen atoms in total. The molecule has 8 heteroatoms. The highest BCUT2D eigenvalue weighted by molar-refractivity contribution is 5.82. The molecule has 2 aromatic heterocycles. The highest BCUT2D eigenvalue weighted by atomic mass is 16.2. The van der Waals surface area contributed by atoms with Crippen molar-refractivity contribution in [3.63, 3.8) is 0 Å². The average Bonchev–Trinajstić information content (AvgIpc) is 3.44. The normalized spacial score (nSPS) is 20.2. The summed E-state index contributed by atoms with van der Waals surface area (Å²) in [7, 11) is 0. The first-order valence-corrected chi connectivity index (χ1v) is 11.3. The summed E-state index contributed by atoms with van der Waals surface area (Å²) in [4.78, 5) is 33.9. The van der Waals surface area contributed by atoms with Crippen molar-refractivity contribution in [3.8, 4) is 0 Å². The molecule has 2 aliphatic heterocycles. The molecule has 0 spiro atoms. The van der Waals surface area contributed by atoms with E-state index in [1.165, 1.54) is 0 Å². The van der Waals surface area contributed by atoms with Crippen LogP contribution in [0, 0.1) is 12.8 Å². The van der Waals surface area contributed by atoms with Crippen molar-refractivity contribution in [1.82, 2.24) is 29.9 Å². The second-order valence-corrected chi connectivity index (χ2v) is 8.68. The van der Waals surface area contributed by atoms with Gasteiger partial charge in [0.1, 0.15) is 0 Å². The van der Waals surface area contributed by atoms with Gasteiger partial charge in [-0.25, -0.2) is 0 Å². The lowest BCUT2D eigenvalue weighted by Crippen LogP contribution is -2.46. The topological polar surface area (TPSA) is 83.4 Å². The zero-order valence-electron chi connectivity index (χ0n) is 18.2. The lowest BCUT2D eigenvalue weighted by molar-refractivity contribution is -0.131. The van der Waals surface area contributed by atoms with Crippen LogP contribution in [0.25, 0.3) is 0 Å². The summed E-state index contributed by atoms with van der Waals surface area (Å²) in [5, 5.41) is 7.55. The number of hydrogen-bond donors (Lipinski definition) is 1. The van der Waals surface area contributed by atoms with E-state index in [-0.39, 0.29) is 23.8 Å². The van der Waals surface area contributed by atoms with Gasteiger partial charge in [-0.2, -0.15) is 5.10 Å². The van der Waals surface area contributed by atoms with Crippen LogP contribution >= 0.6 is 0 Å². The van der Waals surface area contributed by atoms with Crippen LogP contribution < -0.4 is 5.32 Å². The van der Waals surface area contributed by atoms with E-state index in [4.69, 9.17) is 0 Å². The molecule has 1 atom stereocenters. The smallest absolute Gasteiger partial charge is 0.225 e. The van der Waals surface area contributed by atoms with Gasteiger partial charge in [-0.05, 0) is 44.4 Å². The number of carbonyl (C=O) groups is 2. The van der Waals surface area contributed by atoms with Crippen LogP contribution in [0.15, 0.2) is 36.7 Å². The van der Waals surface area contributed by atoms with Gasteiger partial charge in [0.2, 0.25) is 11.8 Å².